The van der Waals surface area contributed by atoms with E-state index in [1.54, 1.807) is 7.11 Å². The van der Waals surface area contributed by atoms with Crippen LogP contribution in [0.4, 0.5) is 0 Å². The highest BCUT2D eigenvalue weighted by atomic mass is 16.5. The van der Waals surface area contributed by atoms with Gasteiger partial charge in [-0.1, -0.05) is 39.0 Å². The second kappa shape index (κ2) is 9.00. The molecule has 1 rings (SSSR count). The van der Waals surface area contributed by atoms with Gasteiger partial charge < -0.3 is 10.1 Å². The maximum atomic E-state index is 5.26. The molecule has 0 aromatic rings. The van der Waals surface area contributed by atoms with Crippen LogP contribution < -0.4 is 5.32 Å². The Hall–Kier alpha value is -0.0800. The second-order valence-electron chi connectivity index (χ2n) is 5.21. The molecule has 0 aromatic heterocycles. The number of nitrogens with one attached hydrogen (secondary N) is 1. The molecule has 0 spiro atoms. The van der Waals surface area contributed by atoms with Gasteiger partial charge in [0.05, 0.1) is 6.61 Å². The van der Waals surface area contributed by atoms with Crippen molar-refractivity contribution in [2.24, 2.45) is 5.92 Å². The van der Waals surface area contributed by atoms with E-state index in [2.05, 4.69) is 12.2 Å². The summed E-state index contributed by atoms with van der Waals surface area (Å²) < 4.78 is 5.26. The number of ether oxygens (including phenoxy) is 1. The van der Waals surface area contributed by atoms with Crippen molar-refractivity contribution in [3.63, 3.8) is 0 Å². The molecule has 1 aliphatic carbocycles. The summed E-state index contributed by atoms with van der Waals surface area (Å²) in [6.07, 6.45) is 11.1. The molecule has 1 N–H and O–H groups in total. The molecule has 0 aliphatic heterocycles. The standard InChI is InChI=1S/C14H29NO/c1-3-8-14(12-16-2)15-11-13-9-6-4-5-7-10-13/h13-15H,3-12H2,1-2H3. The highest BCUT2D eigenvalue weighted by Crippen LogP contribution is 2.22. The van der Waals surface area contributed by atoms with Crippen molar-refractivity contribution < 1.29 is 4.74 Å². The molecular formula is C14H29NO. The summed E-state index contributed by atoms with van der Waals surface area (Å²) in [4.78, 5) is 0. The normalized spacial score (nSPS) is 20.6. The molecule has 2 nitrogen and oxygen atoms in total. The van der Waals surface area contributed by atoms with Gasteiger partial charge in [0.25, 0.3) is 0 Å². The van der Waals surface area contributed by atoms with Crippen LogP contribution in [0.3, 0.4) is 0 Å². The number of methoxy groups -OCH3 is 1. The number of hydrogen-bond donors (Lipinski definition) is 1. The second-order valence-corrected chi connectivity index (χ2v) is 5.21. The Morgan fingerprint density at radius 1 is 1.19 bits per heavy atom. The van der Waals surface area contributed by atoms with E-state index in [1.165, 1.54) is 57.9 Å². The van der Waals surface area contributed by atoms with Crippen molar-refractivity contribution in [1.29, 1.82) is 0 Å². The first kappa shape index (κ1) is 14.0. The molecule has 1 unspecified atom stereocenters. The van der Waals surface area contributed by atoms with Gasteiger partial charge in [0, 0.05) is 13.2 Å². The molecule has 0 bridgehead atoms. The Balaban J connectivity index is 2.18. The van der Waals surface area contributed by atoms with Crippen LogP contribution in [0.5, 0.6) is 0 Å². The SMILES string of the molecule is CCCC(COC)NCC1CCCCCC1. The Labute approximate surface area is 101 Å². The fraction of sp³-hybridized carbons (Fsp3) is 1.00. The fourth-order valence-corrected chi connectivity index (χ4v) is 2.70. The van der Waals surface area contributed by atoms with E-state index < -0.39 is 0 Å². The molecule has 16 heavy (non-hydrogen) atoms. The lowest BCUT2D eigenvalue weighted by atomic mass is 10.00. The summed E-state index contributed by atoms with van der Waals surface area (Å²) in [6.45, 7) is 4.31. The Morgan fingerprint density at radius 3 is 2.44 bits per heavy atom. The zero-order valence-corrected chi connectivity index (χ0v) is 11.1. The first-order valence-electron chi connectivity index (χ1n) is 7.09. The zero-order chi connectivity index (χ0) is 11.6. The minimum Gasteiger partial charge on any atom is -0.383 e. The van der Waals surface area contributed by atoms with Crippen LogP contribution >= 0.6 is 0 Å². The van der Waals surface area contributed by atoms with E-state index in [1.807, 2.05) is 0 Å². The van der Waals surface area contributed by atoms with E-state index in [0.717, 1.165) is 12.5 Å². The quantitative estimate of drug-likeness (QED) is 0.673. The fourth-order valence-electron chi connectivity index (χ4n) is 2.70. The van der Waals surface area contributed by atoms with Crippen molar-refractivity contribution in [2.75, 3.05) is 20.3 Å². The predicted molar refractivity (Wildman–Crippen MR) is 69.8 cm³/mol. The Kier molecular flexibility index (Phi) is 7.87. The van der Waals surface area contributed by atoms with Crippen molar-refractivity contribution in [2.45, 2.75) is 64.3 Å². The summed E-state index contributed by atoms with van der Waals surface area (Å²) in [5.74, 6) is 0.915. The Morgan fingerprint density at radius 2 is 1.88 bits per heavy atom. The highest BCUT2D eigenvalue weighted by molar-refractivity contribution is 4.71. The zero-order valence-electron chi connectivity index (χ0n) is 11.1. The van der Waals surface area contributed by atoms with Crippen LogP contribution in [-0.4, -0.2) is 26.3 Å². The molecule has 1 aliphatic rings. The summed E-state index contributed by atoms with van der Waals surface area (Å²) >= 11 is 0. The van der Waals surface area contributed by atoms with Crippen LogP contribution in [0.25, 0.3) is 0 Å². The summed E-state index contributed by atoms with van der Waals surface area (Å²) in [5, 5.41) is 3.69. The lowest BCUT2D eigenvalue weighted by Gasteiger charge is -2.21. The van der Waals surface area contributed by atoms with Gasteiger partial charge in [0.2, 0.25) is 0 Å². The third kappa shape index (κ3) is 5.86. The van der Waals surface area contributed by atoms with Gasteiger partial charge >= 0.3 is 0 Å². The van der Waals surface area contributed by atoms with Crippen LogP contribution in [0.2, 0.25) is 0 Å². The van der Waals surface area contributed by atoms with Crippen LogP contribution in [-0.2, 0) is 4.74 Å². The first-order chi connectivity index (χ1) is 7.86. The maximum Gasteiger partial charge on any atom is 0.0615 e. The molecule has 0 heterocycles. The Bertz CT molecular complexity index is 145. The molecule has 0 amide bonds. The maximum absolute atomic E-state index is 5.26. The molecule has 1 atom stereocenters. The predicted octanol–water partition coefficient (Wildman–Crippen LogP) is 3.36. The van der Waals surface area contributed by atoms with E-state index in [9.17, 15) is 0 Å². The third-order valence-electron chi connectivity index (χ3n) is 3.67. The molecule has 1 fully saturated rings. The van der Waals surface area contributed by atoms with E-state index in [4.69, 9.17) is 4.74 Å². The highest BCUT2D eigenvalue weighted by Gasteiger charge is 2.14. The summed E-state index contributed by atoms with van der Waals surface area (Å²) in [7, 11) is 1.80. The minimum absolute atomic E-state index is 0.568. The van der Waals surface area contributed by atoms with Crippen molar-refractivity contribution in [3.8, 4) is 0 Å². The van der Waals surface area contributed by atoms with Crippen LogP contribution in [0, 0.1) is 5.92 Å². The average Bonchev–Trinajstić information content (AvgIpc) is 2.55. The van der Waals surface area contributed by atoms with Gasteiger partial charge in [-0.25, -0.2) is 0 Å². The molecule has 2 heteroatoms. The largest absolute Gasteiger partial charge is 0.383 e. The molecule has 0 radical (unpaired) electrons. The monoisotopic (exact) mass is 227 g/mol. The van der Waals surface area contributed by atoms with Gasteiger partial charge in [0.1, 0.15) is 0 Å². The van der Waals surface area contributed by atoms with Crippen molar-refractivity contribution in [1.82, 2.24) is 5.32 Å². The van der Waals surface area contributed by atoms with Gasteiger partial charge in [-0.2, -0.15) is 0 Å². The lowest BCUT2D eigenvalue weighted by molar-refractivity contribution is 0.158. The summed E-state index contributed by atoms with van der Waals surface area (Å²) in [5.41, 5.74) is 0. The van der Waals surface area contributed by atoms with Crippen molar-refractivity contribution in [3.05, 3.63) is 0 Å². The summed E-state index contributed by atoms with van der Waals surface area (Å²) in [6, 6.07) is 0.568. The molecule has 1 saturated carbocycles. The molecule has 0 saturated heterocycles. The topological polar surface area (TPSA) is 21.3 Å². The molecule has 0 aromatic carbocycles. The lowest BCUT2D eigenvalue weighted by Crippen LogP contribution is -2.36. The van der Waals surface area contributed by atoms with Gasteiger partial charge in [0.15, 0.2) is 0 Å². The van der Waals surface area contributed by atoms with Crippen LogP contribution in [0.1, 0.15) is 58.3 Å². The average molecular weight is 227 g/mol. The van der Waals surface area contributed by atoms with E-state index in [-0.39, 0.29) is 0 Å². The van der Waals surface area contributed by atoms with Gasteiger partial charge in [-0.15, -0.1) is 0 Å². The van der Waals surface area contributed by atoms with E-state index >= 15 is 0 Å². The van der Waals surface area contributed by atoms with Crippen molar-refractivity contribution >= 4 is 0 Å². The van der Waals surface area contributed by atoms with E-state index in [0.29, 0.717) is 6.04 Å². The number of hydrogen-bond acceptors (Lipinski definition) is 2. The van der Waals surface area contributed by atoms with Gasteiger partial charge in [-0.3, -0.25) is 0 Å². The third-order valence-corrected chi connectivity index (χ3v) is 3.67. The van der Waals surface area contributed by atoms with Gasteiger partial charge in [-0.05, 0) is 31.7 Å². The first-order valence-corrected chi connectivity index (χ1v) is 7.09. The smallest absolute Gasteiger partial charge is 0.0615 e. The molecule has 96 valence electrons. The van der Waals surface area contributed by atoms with Crippen LogP contribution in [0.15, 0.2) is 0 Å². The molecular weight excluding hydrogens is 198 g/mol. The minimum atomic E-state index is 0.568. The number of rotatable bonds is 7.